The van der Waals surface area contributed by atoms with Crippen LogP contribution in [-0.4, -0.2) is 49.8 Å². The van der Waals surface area contributed by atoms with E-state index in [0.29, 0.717) is 12.1 Å². The van der Waals surface area contributed by atoms with Crippen LogP contribution in [0.25, 0.3) is 0 Å². The first-order valence-electron chi connectivity index (χ1n) is 10.5. The smallest absolute Gasteiger partial charge is 0.251 e. The number of hydrogen-bond acceptors (Lipinski definition) is 4. The monoisotopic (exact) mass is 396 g/mol. The number of carbonyl (C=O) groups excluding carboxylic acids is 1. The average Bonchev–Trinajstić information content (AvgIpc) is 2.73. The predicted molar refractivity (Wildman–Crippen MR) is 115 cm³/mol. The maximum Gasteiger partial charge on any atom is 0.251 e. The fraction of sp³-hybridized carbons (Fsp3) is 0.458. The number of carbonyl (C=O) groups is 1. The number of rotatable bonds is 9. The van der Waals surface area contributed by atoms with Crippen LogP contribution in [0.2, 0.25) is 0 Å². The molecule has 3 rings (SSSR count). The number of nitrogens with one attached hydrogen (secondary N) is 1. The van der Waals surface area contributed by atoms with Crippen LogP contribution in [0.15, 0.2) is 48.5 Å². The summed E-state index contributed by atoms with van der Waals surface area (Å²) in [5.41, 5.74) is 3.20. The first kappa shape index (κ1) is 21.3. The SMILES string of the molecule is CC(C)Oc1ccc(CCCNC(=O)c2ccc(CN3CCOCC3)cc2)cc1. The Bertz CT molecular complexity index is 751. The van der Waals surface area contributed by atoms with Crippen molar-refractivity contribution in [3.8, 4) is 5.75 Å². The van der Waals surface area contributed by atoms with Gasteiger partial charge in [-0.05, 0) is 62.1 Å². The molecule has 2 aromatic carbocycles. The van der Waals surface area contributed by atoms with Gasteiger partial charge in [0, 0.05) is 31.7 Å². The lowest BCUT2D eigenvalue weighted by Crippen LogP contribution is -2.35. The second-order valence-electron chi connectivity index (χ2n) is 7.76. The maximum atomic E-state index is 12.4. The van der Waals surface area contributed by atoms with Crippen molar-refractivity contribution < 1.29 is 14.3 Å². The Hall–Kier alpha value is -2.37. The first-order valence-corrected chi connectivity index (χ1v) is 10.5. The lowest BCUT2D eigenvalue weighted by atomic mass is 10.1. The number of aryl methyl sites for hydroxylation is 1. The number of nitrogens with zero attached hydrogens (tertiary/aromatic N) is 1. The Kier molecular flexibility index (Phi) is 8.08. The highest BCUT2D eigenvalue weighted by molar-refractivity contribution is 5.94. The molecule has 0 atom stereocenters. The van der Waals surface area contributed by atoms with E-state index in [9.17, 15) is 4.79 Å². The van der Waals surface area contributed by atoms with Crippen molar-refractivity contribution in [1.82, 2.24) is 10.2 Å². The van der Waals surface area contributed by atoms with Gasteiger partial charge in [-0.15, -0.1) is 0 Å². The van der Waals surface area contributed by atoms with E-state index in [2.05, 4.69) is 22.3 Å². The molecule has 0 spiro atoms. The third kappa shape index (κ3) is 7.18. The lowest BCUT2D eigenvalue weighted by molar-refractivity contribution is 0.0342. The zero-order valence-electron chi connectivity index (χ0n) is 17.5. The molecular weight excluding hydrogens is 364 g/mol. The van der Waals surface area contributed by atoms with E-state index in [1.54, 1.807) is 0 Å². The molecule has 0 bridgehead atoms. The van der Waals surface area contributed by atoms with Crippen LogP contribution < -0.4 is 10.1 Å². The molecule has 0 unspecified atom stereocenters. The highest BCUT2D eigenvalue weighted by Gasteiger charge is 2.11. The third-order valence-corrected chi connectivity index (χ3v) is 4.95. The Morgan fingerprint density at radius 3 is 2.34 bits per heavy atom. The summed E-state index contributed by atoms with van der Waals surface area (Å²) >= 11 is 0. The van der Waals surface area contributed by atoms with Gasteiger partial charge in [-0.25, -0.2) is 0 Å². The van der Waals surface area contributed by atoms with Gasteiger partial charge in [-0.2, -0.15) is 0 Å². The van der Waals surface area contributed by atoms with Gasteiger partial charge in [0.25, 0.3) is 5.91 Å². The van der Waals surface area contributed by atoms with Gasteiger partial charge in [0.2, 0.25) is 0 Å². The number of benzene rings is 2. The Morgan fingerprint density at radius 1 is 1.03 bits per heavy atom. The number of amides is 1. The highest BCUT2D eigenvalue weighted by atomic mass is 16.5. The minimum atomic E-state index is -0.0106. The summed E-state index contributed by atoms with van der Waals surface area (Å²) < 4.78 is 11.0. The van der Waals surface area contributed by atoms with Crippen molar-refractivity contribution in [3.63, 3.8) is 0 Å². The summed E-state index contributed by atoms with van der Waals surface area (Å²) in [6.07, 6.45) is 2.02. The van der Waals surface area contributed by atoms with E-state index < -0.39 is 0 Å². The van der Waals surface area contributed by atoms with E-state index in [0.717, 1.165) is 51.4 Å². The Morgan fingerprint density at radius 2 is 1.69 bits per heavy atom. The summed E-state index contributed by atoms with van der Waals surface area (Å²) in [7, 11) is 0. The molecule has 1 heterocycles. The lowest BCUT2D eigenvalue weighted by Gasteiger charge is -2.26. The van der Waals surface area contributed by atoms with Gasteiger partial charge in [0.15, 0.2) is 0 Å². The molecule has 1 amide bonds. The summed E-state index contributed by atoms with van der Waals surface area (Å²) in [6, 6.07) is 16.1. The second-order valence-corrected chi connectivity index (χ2v) is 7.76. The van der Waals surface area contributed by atoms with Gasteiger partial charge >= 0.3 is 0 Å². The maximum absolute atomic E-state index is 12.4. The molecule has 1 fully saturated rings. The minimum absolute atomic E-state index is 0.0106. The van der Waals surface area contributed by atoms with Gasteiger partial charge < -0.3 is 14.8 Å². The zero-order valence-corrected chi connectivity index (χ0v) is 17.5. The summed E-state index contributed by atoms with van der Waals surface area (Å²) in [4.78, 5) is 14.7. The van der Waals surface area contributed by atoms with Crippen molar-refractivity contribution in [1.29, 1.82) is 0 Å². The molecule has 5 heteroatoms. The molecule has 0 radical (unpaired) electrons. The molecule has 1 aliphatic heterocycles. The molecular formula is C24H32N2O3. The summed E-state index contributed by atoms with van der Waals surface area (Å²) in [5.74, 6) is 0.887. The van der Waals surface area contributed by atoms with Crippen molar-refractivity contribution in [2.75, 3.05) is 32.8 Å². The summed E-state index contributed by atoms with van der Waals surface area (Å²) in [5, 5.41) is 3.02. The molecule has 0 saturated carbocycles. The zero-order chi connectivity index (χ0) is 20.5. The second kappa shape index (κ2) is 11.0. The van der Waals surface area contributed by atoms with Crippen molar-refractivity contribution in [2.24, 2.45) is 0 Å². The largest absolute Gasteiger partial charge is 0.491 e. The quantitative estimate of drug-likeness (QED) is 0.657. The van der Waals surface area contributed by atoms with Crippen molar-refractivity contribution in [3.05, 3.63) is 65.2 Å². The van der Waals surface area contributed by atoms with Crippen LogP contribution in [0.1, 0.15) is 41.8 Å². The van der Waals surface area contributed by atoms with Crippen molar-refractivity contribution >= 4 is 5.91 Å². The van der Waals surface area contributed by atoms with Crippen LogP contribution in [0.3, 0.4) is 0 Å². The number of ether oxygens (including phenoxy) is 2. The molecule has 5 nitrogen and oxygen atoms in total. The van der Waals surface area contributed by atoms with E-state index in [1.165, 1.54) is 11.1 Å². The normalized spacial score (nSPS) is 14.7. The summed E-state index contributed by atoms with van der Waals surface area (Å²) in [6.45, 7) is 9.16. The third-order valence-electron chi connectivity index (χ3n) is 4.95. The van der Waals surface area contributed by atoms with Gasteiger partial charge in [-0.3, -0.25) is 9.69 Å². The molecule has 156 valence electrons. The first-order chi connectivity index (χ1) is 14.1. The predicted octanol–water partition coefficient (Wildman–Crippen LogP) is 3.67. The molecule has 0 aromatic heterocycles. The van der Waals surface area contributed by atoms with E-state index in [4.69, 9.17) is 9.47 Å². The molecule has 1 N–H and O–H groups in total. The van der Waals surface area contributed by atoms with Crippen LogP contribution in [0.5, 0.6) is 5.75 Å². The van der Waals surface area contributed by atoms with Crippen molar-refractivity contribution in [2.45, 2.75) is 39.3 Å². The highest BCUT2D eigenvalue weighted by Crippen LogP contribution is 2.15. The molecule has 0 aliphatic carbocycles. The molecule has 29 heavy (non-hydrogen) atoms. The van der Waals surface area contributed by atoms with E-state index in [-0.39, 0.29) is 12.0 Å². The molecule has 2 aromatic rings. The van der Waals surface area contributed by atoms with Gasteiger partial charge in [-0.1, -0.05) is 24.3 Å². The molecule has 1 aliphatic rings. The Labute approximate surface area is 174 Å². The standard InChI is InChI=1S/C24H32N2O3/c1-19(2)29-23-11-7-20(8-12-23)4-3-13-25-24(27)22-9-5-21(6-10-22)18-26-14-16-28-17-15-26/h5-12,19H,3-4,13-18H2,1-2H3,(H,25,27). The van der Waals surface area contributed by atoms with E-state index >= 15 is 0 Å². The van der Waals surface area contributed by atoms with E-state index in [1.807, 2.05) is 50.2 Å². The fourth-order valence-corrected chi connectivity index (χ4v) is 3.38. The number of hydrogen-bond donors (Lipinski definition) is 1. The fourth-order valence-electron chi connectivity index (χ4n) is 3.38. The van der Waals surface area contributed by atoms with Crippen LogP contribution in [-0.2, 0) is 17.7 Å². The molecule has 1 saturated heterocycles. The van der Waals surface area contributed by atoms with Gasteiger partial charge in [0.1, 0.15) is 5.75 Å². The minimum Gasteiger partial charge on any atom is -0.491 e. The van der Waals surface area contributed by atoms with Crippen LogP contribution in [0, 0.1) is 0 Å². The van der Waals surface area contributed by atoms with Gasteiger partial charge in [0.05, 0.1) is 19.3 Å². The van der Waals surface area contributed by atoms with Crippen LogP contribution in [0.4, 0.5) is 0 Å². The average molecular weight is 397 g/mol. The Balaban J connectivity index is 1.37. The number of morpholine rings is 1. The van der Waals surface area contributed by atoms with Crippen LogP contribution >= 0.6 is 0 Å². The topological polar surface area (TPSA) is 50.8 Å².